The first-order valence-electron chi connectivity index (χ1n) is 12.9. The smallest absolute Gasteiger partial charge is 0.0654 e. The summed E-state index contributed by atoms with van der Waals surface area (Å²) in [6.45, 7) is 4.53. The first-order valence-corrected chi connectivity index (χ1v) is 15.8. The minimum atomic E-state index is -1.98. The Balaban J connectivity index is 3.14. The molecule has 180 valence electrons. The van der Waals surface area contributed by atoms with Crippen molar-refractivity contribution in [2.45, 2.75) is 142 Å². The van der Waals surface area contributed by atoms with Crippen LogP contribution in [0.15, 0.2) is 0 Å². The van der Waals surface area contributed by atoms with Gasteiger partial charge >= 0.3 is 8.25 Å². The third kappa shape index (κ3) is 26.8. The number of rotatable bonds is 26. The van der Waals surface area contributed by atoms with Crippen molar-refractivity contribution in [2.75, 3.05) is 11.5 Å². The highest BCUT2D eigenvalue weighted by molar-refractivity contribution is 8.00. The van der Waals surface area contributed by atoms with E-state index in [4.69, 9.17) is 7.94 Å². The van der Waals surface area contributed by atoms with E-state index in [-0.39, 0.29) is 0 Å². The SMILES string of the molecule is CCCCCCCCCCCCSO[P+](=O)OSCCCCCCCCCCCC. The standard InChI is InChI=1S/C24H50O3PS2/c1-3-5-7-9-11-13-15-17-19-21-23-29-26-28(25)27-30-24-22-20-18-16-14-12-10-8-6-4-2/h3-24H2,1-2H3/q+1. The van der Waals surface area contributed by atoms with Gasteiger partial charge in [-0.3, -0.25) is 0 Å². The molecule has 0 amide bonds. The number of hydrogen-bond donors (Lipinski definition) is 0. The zero-order valence-electron chi connectivity index (χ0n) is 20.0. The summed E-state index contributed by atoms with van der Waals surface area (Å²) in [5, 5.41) is 0. The Morgan fingerprint density at radius 2 is 0.733 bits per heavy atom. The van der Waals surface area contributed by atoms with E-state index in [1.165, 1.54) is 140 Å². The molecule has 0 aromatic heterocycles. The van der Waals surface area contributed by atoms with Gasteiger partial charge in [-0.05, 0) is 20.8 Å². The molecule has 0 heterocycles. The summed E-state index contributed by atoms with van der Waals surface area (Å²) in [5.41, 5.74) is 0. The summed E-state index contributed by atoms with van der Waals surface area (Å²) >= 11 is 2.60. The molecule has 0 bridgehead atoms. The molecular weight excluding hydrogens is 431 g/mol. The zero-order chi connectivity index (χ0) is 22.0. The Bertz CT molecular complexity index is 316. The lowest BCUT2D eigenvalue weighted by atomic mass is 10.1. The monoisotopic (exact) mass is 481 g/mol. The lowest BCUT2D eigenvalue weighted by Gasteiger charge is -2.01. The fourth-order valence-corrected chi connectivity index (χ4v) is 5.72. The maximum atomic E-state index is 11.7. The summed E-state index contributed by atoms with van der Waals surface area (Å²) in [6, 6.07) is 0. The molecule has 0 spiro atoms. The summed E-state index contributed by atoms with van der Waals surface area (Å²) in [5.74, 6) is 1.81. The normalized spacial score (nSPS) is 11.3. The van der Waals surface area contributed by atoms with Crippen molar-refractivity contribution in [3.05, 3.63) is 0 Å². The molecular formula is C24H50O3PS2+. The van der Waals surface area contributed by atoms with Crippen molar-refractivity contribution < 1.29 is 12.5 Å². The van der Waals surface area contributed by atoms with Crippen LogP contribution in [-0.4, -0.2) is 11.5 Å². The molecule has 0 saturated heterocycles. The minimum Gasteiger partial charge on any atom is -0.0654 e. The maximum Gasteiger partial charge on any atom is 0.722 e. The van der Waals surface area contributed by atoms with E-state index >= 15 is 0 Å². The number of hydrogen-bond acceptors (Lipinski definition) is 5. The maximum absolute atomic E-state index is 11.7. The Labute approximate surface area is 198 Å². The molecule has 6 heteroatoms. The van der Waals surface area contributed by atoms with Gasteiger partial charge in [0.15, 0.2) is 0 Å². The van der Waals surface area contributed by atoms with Crippen LogP contribution in [0.1, 0.15) is 142 Å². The highest BCUT2D eigenvalue weighted by atomic mass is 32.2. The molecule has 0 aliphatic heterocycles. The molecule has 0 aromatic carbocycles. The molecule has 0 fully saturated rings. The van der Waals surface area contributed by atoms with Crippen LogP contribution in [0, 0.1) is 0 Å². The second-order valence-electron chi connectivity index (χ2n) is 8.38. The second kappa shape index (κ2) is 27.8. The molecule has 0 unspecified atom stereocenters. The van der Waals surface area contributed by atoms with E-state index in [1.807, 2.05) is 0 Å². The molecule has 0 aliphatic rings. The lowest BCUT2D eigenvalue weighted by Crippen LogP contribution is -1.85. The van der Waals surface area contributed by atoms with Crippen molar-refractivity contribution >= 4 is 32.3 Å². The topological polar surface area (TPSA) is 35.5 Å². The van der Waals surface area contributed by atoms with Gasteiger partial charge in [-0.25, -0.2) is 0 Å². The third-order valence-corrected chi connectivity index (χ3v) is 8.12. The van der Waals surface area contributed by atoms with E-state index in [0.717, 1.165) is 24.3 Å². The Morgan fingerprint density at radius 1 is 0.467 bits per heavy atom. The highest BCUT2D eigenvalue weighted by Gasteiger charge is 2.21. The molecule has 0 rings (SSSR count). The Hall–Kier alpha value is 0.720. The van der Waals surface area contributed by atoms with Gasteiger partial charge < -0.3 is 0 Å². The van der Waals surface area contributed by atoms with Gasteiger partial charge in [-0.1, -0.05) is 129 Å². The van der Waals surface area contributed by atoms with Crippen LogP contribution >= 0.6 is 32.3 Å². The summed E-state index contributed by atoms with van der Waals surface area (Å²) in [7, 11) is -1.98. The quantitative estimate of drug-likeness (QED) is 0.0697. The van der Waals surface area contributed by atoms with E-state index in [2.05, 4.69) is 13.8 Å². The average Bonchev–Trinajstić information content (AvgIpc) is 2.75. The molecule has 0 aliphatic carbocycles. The van der Waals surface area contributed by atoms with Gasteiger partial charge in [-0.15, -0.1) is 0 Å². The van der Waals surface area contributed by atoms with E-state index in [1.54, 1.807) is 0 Å². The fraction of sp³-hybridized carbons (Fsp3) is 1.00. The highest BCUT2D eigenvalue weighted by Crippen LogP contribution is 2.35. The Morgan fingerprint density at radius 3 is 1.03 bits per heavy atom. The van der Waals surface area contributed by atoms with Crippen molar-refractivity contribution in [1.82, 2.24) is 0 Å². The van der Waals surface area contributed by atoms with Gasteiger partial charge in [0.2, 0.25) is 0 Å². The van der Waals surface area contributed by atoms with Crippen LogP contribution in [0.3, 0.4) is 0 Å². The van der Waals surface area contributed by atoms with Crippen LogP contribution < -0.4 is 0 Å². The van der Waals surface area contributed by atoms with Gasteiger partial charge in [0.1, 0.15) is 0 Å². The van der Waals surface area contributed by atoms with Crippen molar-refractivity contribution in [2.24, 2.45) is 0 Å². The van der Waals surface area contributed by atoms with E-state index < -0.39 is 8.25 Å². The third-order valence-electron chi connectivity index (χ3n) is 5.39. The second-order valence-corrected chi connectivity index (χ2v) is 11.3. The Kier molecular flexibility index (Phi) is 28.4. The first-order chi connectivity index (χ1) is 14.8. The lowest BCUT2D eigenvalue weighted by molar-refractivity contribution is 0.462. The largest absolute Gasteiger partial charge is 0.722 e. The van der Waals surface area contributed by atoms with Gasteiger partial charge in [0, 0.05) is 16.1 Å². The zero-order valence-corrected chi connectivity index (χ0v) is 22.6. The summed E-state index contributed by atoms with van der Waals surface area (Å²) in [6.07, 6.45) is 26.7. The van der Waals surface area contributed by atoms with Gasteiger partial charge in [-0.2, -0.15) is 0 Å². The van der Waals surface area contributed by atoms with Crippen LogP contribution in [0.5, 0.6) is 0 Å². The minimum absolute atomic E-state index is 0.907. The van der Waals surface area contributed by atoms with Gasteiger partial charge in [0.05, 0.1) is 24.1 Å². The predicted octanol–water partition coefficient (Wildman–Crippen LogP) is 10.8. The van der Waals surface area contributed by atoms with Crippen LogP contribution in [0.25, 0.3) is 0 Å². The molecule has 0 saturated carbocycles. The first kappa shape index (κ1) is 30.7. The molecule has 30 heavy (non-hydrogen) atoms. The van der Waals surface area contributed by atoms with Crippen LogP contribution in [0.2, 0.25) is 0 Å². The summed E-state index contributed by atoms with van der Waals surface area (Å²) < 4.78 is 22.1. The van der Waals surface area contributed by atoms with Crippen molar-refractivity contribution in [3.8, 4) is 0 Å². The van der Waals surface area contributed by atoms with E-state index in [0.29, 0.717) is 0 Å². The van der Waals surface area contributed by atoms with Crippen LogP contribution in [0.4, 0.5) is 0 Å². The fourth-order valence-electron chi connectivity index (χ4n) is 3.47. The predicted molar refractivity (Wildman–Crippen MR) is 138 cm³/mol. The molecule has 0 radical (unpaired) electrons. The molecule has 0 aromatic rings. The van der Waals surface area contributed by atoms with Gasteiger partial charge in [0.25, 0.3) is 0 Å². The van der Waals surface area contributed by atoms with Crippen molar-refractivity contribution in [3.63, 3.8) is 0 Å². The number of unbranched alkanes of at least 4 members (excludes halogenated alkanes) is 18. The van der Waals surface area contributed by atoms with Crippen LogP contribution in [-0.2, 0) is 12.5 Å². The molecule has 3 nitrogen and oxygen atoms in total. The summed E-state index contributed by atoms with van der Waals surface area (Å²) in [4.78, 5) is 0. The van der Waals surface area contributed by atoms with Crippen molar-refractivity contribution in [1.29, 1.82) is 0 Å². The average molecular weight is 482 g/mol. The van der Waals surface area contributed by atoms with E-state index in [9.17, 15) is 4.57 Å². The molecule has 0 atom stereocenters. The molecule has 0 N–H and O–H groups in total.